The van der Waals surface area contributed by atoms with Gasteiger partial charge in [0.15, 0.2) is 0 Å². The van der Waals surface area contributed by atoms with Crippen LogP contribution < -0.4 is 0 Å². The molecule has 0 atom stereocenters. The largest absolute Gasteiger partial charge is 0.294 e. The molecule has 0 spiro atoms. The maximum absolute atomic E-state index is 12.3. The van der Waals surface area contributed by atoms with Crippen LogP contribution in [0.15, 0.2) is 77.7 Å². The standard InChI is InChI=1S/C30H37IO3S/c31-24-16-8-6-4-2-1-3-5-7-15-21-28-29(35(32,33)34)23-22-27(25-17-11-9-12-18-25)30(28)26-19-13-10-14-20-26/h9-14,17-20,22-23H,1-8,15-16,21,24H2,(H,32,33,34). The summed E-state index contributed by atoms with van der Waals surface area (Å²) >= 11 is 2.45. The van der Waals surface area contributed by atoms with Gasteiger partial charge in [-0.1, -0.05) is 141 Å². The van der Waals surface area contributed by atoms with Crippen LogP contribution in [-0.2, 0) is 16.5 Å². The van der Waals surface area contributed by atoms with Gasteiger partial charge >= 0.3 is 0 Å². The Hall–Kier alpha value is -1.70. The van der Waals surface area contributed by atoms with Crippen molar-refractivity contribution in [1.82, 2.24) is 0 Å². The lowest BCUT2D eigenvalue weighted by Crippen LogP contribution is -2.06. The van der Waals surface area contributed by atoms with Crippen LogP contribution in [0, 0.1) is 0 Å². The molecule has 5 heteroatoms. The number of rotatable bonds is 15. The van der Waals surface area contributed by atoms with Gasteiger partial charge in [0.1, 0.15) is 0 Å². The van der Waals surface area contributed by atoms with Crippen molar-refractivity contribution in [2.45, 2.75) is 75.5 Å². The van der Waals surface area contributed by atoms with Gasteiger partial charge in [0, 0.05) is 0 Å². The summed E-state index contributed by atoms with van der Waals surface area (Å²) in [7, 11) is -4.33. The van der Waals surface area contributed by atoms with E-state index < -0.39 is 10.1 Å². The highest BCUT2D eigenvalue weighted by Crippen LogP contribution is 2.39. The average molecular weight is 605 g/mol. The third kappa shape index (κ3) is 8.72. The molecule has 0 fully saturated rings. The second kappa shape index (κ2) is 14.8. The van der Waals surface area contributed by atoms with E-state index >= 15 is 0 Å². The minimum Gasteiger partial charge on any atom is -0.282 e. The Morgan fingerprint density at radius 1 is 0.600 bits per heavy atom. The monoisotopic (exact) mass is 604 g/mol. The van der Waals surface area contributed by atoms with Gasteiger partial charge in [0.2, 0.25) is 0 Å². The first-order valence-corrected chi connectivity index (χ1v) is 15.8. The summed E-state index contributed by atoms with van der Waals surface area (Å²) < 4.78 is 36.0. The van der Waals surface area contributed by atoms with Crippen molar-refractivity contribution in [3.63, 3.8) is 0 Å². The van der Waals surface area contributed by atoms with E-state index in [1.54, 1.807) is 6.07 Å². The summed E-state index contributed by atoms with van der Waals surface area (Å²) in [5, 5.41) is 0. The summed E-state index contributed by atoms with van der Waals surface area (Å²) in [5.74, 6) is 0. The fourth-order valence-electron chi connectivity index (χ4n) is 4.72. The number of alkyl halides is 1. The highest BCUT2D eigenvalue weighted by Gasteiger charge is 2.22. The van der Waals surface area contributed by atoms with Crippen LogP contribution in [0.25, 0.3) is 22.3 Å². The molecule has 188 valence electrons. The zero-order valence-electron chi connectivity index (χ0n) is 20.5. The lowest BCUT2D eigenvalue weighted by atomic mass is 9.88. The maximum atomic E-state index is 12.3. The Balaban J connectivity index is 1.75. The van der Waals surface area contributed by atoms with Crippen LogP contribution in [-0.4, -0.2) is 17.4 Å². The number of hydrogen-bond donors (Lipinski definition) is 1. The minimum atomic E-state index is -4.33. The Morgan fingerprint density at radius 3 is 1.60 bits per heavy atom. The van der Waals surface area contributed by atoms with Gasteiger partial charge < -0.3 is 0 Å². The van der Waals surface area contributed by atoms with E-state index in [2.05, 4.69) is 22.6 Å². The molecule has 3 rings (SSSR count). The van der Waals surface area contributed by atoms with Gasteiger partial charge in [0.25, 0.3) is 10.1 Å². The molecule has 0 heterocycles. The van der Waals surface area contributed by atoms with E-state index in [-0.39, 0.29) is 4.90 Å². The zero-order chi connectivity index (χ0) is 24.9. The predicted octanol–water partition coefficient (Wildman–Crippen LogP) is 9.15. The van der Waals surface area contributed by atoms with Gasteiger partial charge in [-0.2, -0.15) is 8.42 Å². The molecule has 3 aromatic carbocycles. The third-order valence-corrected chi connectivity index (χ3v) is 8.21. The van der Waals surface area contributed by atoms with Crippen molar-refractivity contribution in [1.29, 1.82) is 0 Å². The first-order chi connectivity index (χ1) is 17.0. The second-order valence-electron chi connectivity index (χ2n) is 9.15. The summed E-state index contributed by atoms with van der Waals surface area (Å²) in [5.41, 5.74) is 4.61. The van der Waals surface area contributed by atoms with E-state index in [9.17, 15) is 13.0 Å². The average Bonchev–Trinajstić information content (AvgIpc) is 2.87. The molecule has 35 heavy (non-hydrogen) atoms. The number of benzene rings is 3. The lowest BCUT2D eigenvalue weighted by Gasteiger charge is -2.19. The summed E-state index contributed by atoms with van der Waals surface area (Å²) in [4.78, 5) is 0.0301. The first kappa shape index (κ1) is 27.9. The van der Waals surface area contributed by atoms with Gasteiger partial charge in [-0.25, -0.2) is 0 Å². The maximum Gasteiger partial charge on any atom is 0.294 e. The molecule has 0 aliphatic heterocycles. The fraction of sp³-hybridized carbons (Fsp3) is 0.400. The molecule has 0 aromatic heterocycles. The first-order valence-electron chi connectivity index (χ1n) is 12.8. The molecular formula is C30H37IO3S. The summed E-state index contributed by atoms with van der Waals surface area (Å²) in [6.07, 6.45) is 12.9. The van der Waals surface area contributed by atoms with Crippen LogP contribution in [0.5, 0.6) is 0 Å². The molecule has 0 aliphatic carbocycles. The van der Waals surface area contributed by atoms with Crippen molar-refractivity contribution in [2.75, 3.05) is 4.43 Å². The Labute approximate surface area is 225 Å². The van der Waals surface area contributed by atoms with E-state index in [4.69, 9.17) is 0 Å². The second-order valence-corrected chi connectivity index (χ2v) is 11.6. The van der Waals surface area contributed by atoms with E-state index in [1.807, 2.05) is 66.7 Å². The molecule has 0 bridgehead atoms. The van der Waals surface area contributed by atoms with Crippen molar-refractivity contribution in [2.24, 2.45) is 0 Å². The molecule has 0 saturated heterocycles. The predicted molar refractivity (Wildman–Crippen MR) is 156 cm³/mol. The fourth-order valence-corrected chi connectivity index (χ4v) is 6.02. The highest BCUT2D eigenvalue weighted by atomic mass is 127. The van der Waals surface area contributed by atoms with E-state index in [1.165, 1.54) is 49.4 Å². The van der Waals surface area contributed by atoms with Gasteiger partial charge in [-0.15, -0.1) is 0 Å². The van der Waals surface area contributed by atoms with Crippen LogP contribution in [0.1, 0.15) is 69.8 Å². The molecule has 3 aromatic rings. The topological polar surface area (TPSA) is 54.4 Å². The molecule has 1 N–H and O–H groups in total. The minimum absolute atomic E-state index is 0.0301. The molecule has 3 nitrogen and oxygen atoms in total. The van der Waals surface area contributed by atoms with E-state index in [0.717, 1.165) is 47.1 Å². The molecule has 0 aliphatic rings. The Kier molecular flexibility index (Phi) is 11.8. The van der Waals surface area contributed by atoms with Crippen molar-refractivity contribution >= 4 is 32.7 Å². The van der Waals surface area contributed by atoms with E-state index in [0.29, 0.717) is 6.42 Å². The van der Waals surface area contributed by atoms with Gasteiger partial charge in [0.05, 0.1) is 4.90 Å². The Morgan fingerprint density at radius 2 is 1.09 bits per heavy atom. The Bertz CT molecular complexity index is 1130. The van der Waals surface area contributed by atoms with Crippen LogP contribution in [0.3, 0.4) is 0 Å². The van der Waals surface area contributed by atoms with Crippen molar-refractivity contribution in [3.05, 3.63) is 78.4 Å². The smallest absolute Gasteiger partial charge is 0.282 e. The van der Waals surface area contributed by atoms with Crippen LogP contribution in [0.4, 0.5) is 0 Å². The van der Waals surface area contributed by atoms with Crippen molar-refractivity contribution in [3.8, 4) is 22.3 Å². The van der Waals surface area contributed by atoms with Crippen LogP contribution >= 0.6 is 22.6 Å². The summed E-state index contributed by atoms with van der Waals surface area (Å²) in [6, 6.07) is 23.4. The molecule has 0 saturated carbocycles. The van der Waals surface area contributed by atoms with Crippen LogP contribution in [0.2, 0.25) is 0 Å². The lowest BCUT2D eigenvalue weighted by molar-refractivity contribution is 0.481. The number of halogens is 1. The third-order valence-electron chi connectivity index (χ3n) is 6.51. The number of unbranched alkanes of at least 4 members (excludes halogenated alkanes) is 9. The molecule has 0 radical (unpaired) electrons. The molecular weight excluding hydrogens is 567 g/mol. The SMILES string of the molecule is O=S(=O)(O)c1ccc(-c2ccccc2)c(-c2ccccc2)c1CCCCCCCCCCCCI. The molecule has 0 amide bonds. The quantitative estimate of drug-likeness (QED) is 0.0815. The normalized spacial score (nSPS) is 11.6. The van der Waals surface area contributed by atoms with Gasteiger partial charge in [-0.05, 0) is 57.6 Å². The molecule has 0 unspecified atom stereocenters. The number of hydrogen-bond acceptors (Lipinski definition) is 2. The van der Waals surface area contributed by atoms with Crippen molar-refractivity contribution < 1.29 is 13.0 Å². The van der Waals surface area contributed by atoms with Gasteiger partial charge in [-0.3, -0.25) is 4.55 Å². The zero-order valence-corrected chi connectivity index (χ0v) is 23.4. The highest BCUT2D eigenvalue weighted by molar-refractivity contribution is 14.1. The summed E-state index contributed by atoms with van der Waals surface area (Å²) in [6.45, 7) is 0.